The van der Waals surface area contributed by atoms with Crippen molar-refractivity contribution >= 4 is 39.2 Å². The molecule has 0 saturated carbocycles. The van der Waals surface area contributed by atoms with Crippen molar-refractivity contribution in [3.8, 4) is 0 Å². The highest BCUT2D eigenvalue weighted by Crippen LogP contribution is 2.42. The molecule has 33 heavy (non-hydrogen) atoms. The first-order valence-corrected chi connectivity index (χ1v) is 12.7. The molecule has 1 aromatic rings. The lowest BCUT2D eigenvalue weighted by Gasteiger charge is -2.40. The molecule has 6 nitrogen and oxygen atoms in total. The van der Waals surface area contributed by atoms with Crippen molar-refractivity contribution in [2.75, 3.05) is 31.1 Å². The number of piperazine rings is 1. The van der Waals surface area contributed by atoms with E-state index in [9.17, 15) is 4.79 Å². The van der Waals surface area contributed by atoms with Gasteiger partial charge >= 0.3 is 6.09 Å². The summed E-state index contributed by atoms with van der Waals surface area (Å²) in [6.07, 6.45) is 5.52. The van der Waals surface area contributed by atoms with Gasteiger partial charge in [-0.05, 0) is 64.2 Å². The average Bonchev–Trinajstić information content (AvgIpc) is 2.89. The highest BCUT2D eigenvalue weighted by molar-refractivity contribution is 9.10. The van der Waals surface area contributed by atoms with Crippen LogP contribution in [0.15, 0.2) is 51.2 Å². The van der Waals surface area contributed by atoms with Gasteiger partial charge in [0.05, 0.1) is 17.1 Å². The Kier molecular flexibility index (Phi) is 6.63. The fourth-order valence-corrected chi connectivity index (χ4v) is 4.97. The van der Waals surface area contributed by atoms with Crippen LogP contribution >= 0.6 is 15.9 Å². The number of carbonyl (C=O) groups is 1. The molecule has 2 unspecified atom stereocenters. The van der Waals surface area contributed by atoms with Crippen LogP contribution < -0.4 is 4.90 Å². The monoisotopic (exact) mass is 514 g/mol. The Labute approximate surface area is 206 Å². The van der Waals surface area contributed by atoms with E-state index < -0.39 is 5.60 Å². The largest absolute Gasteiger partial charge is 0.444 e. The minimum atomic E-state index is -0.485. The van der Waals surface area contributed by atoms with Crippen molar-refractivity contribution in [3.05, 3.63) is 46.2 Å². The Morgan fingerprint density at radius 3 is 2.55 bits per heavy atom. The van der Waals surface area contributed by atoms with E-state index >= 15 is 0 Å². The van der Waals surface area contributed by atoms with Crippen molar-refractivity contribution in [2.45, 2.75) is 53.6 Å². The maximum absolute atomic E-state index is 12.5. The number of nitrogens with zero attached hydrogens (tertiary/aromatic N) is 4. The van der Waals surface area contributed by atoms with Gasteiger partial charge in [-0.2, -0.15) is 0 Å². The van der Waals surface area contributed by atoms with Crippen molar-refractivity contribution < 1.29 is 9.53 Å². The maximum Gasteiger partial charge on any atom is 0.410 e. The Morgan fingerprint density at radius 1 is 1.21 bits per heavy atom. The van der Waals surface area contributed by atoms with Gasteiger partial charge in [0.25, 0.3) is 0 Å². The van der Waals surface area contributed by atoms with Gasteiger partial charge in [-0.15, -0.1) is 0 Å². The molecule has 1 aromatic carbocycles. The zero-order valence-corrected chi connectivity index (χ0v) is 22.1. The summed E-state index contributed by atoms with van der Waals surface area (Å²) in [5, 5.41) is 0. The number of benzene rings is 1. The highest BCUT2D eigenvalue weighted by Gasteiger charge is 2.34. The number of carbonyl (C=O) groups excluding carboxylic acids is 1. The summed E-state index contributed by atoms with van der Waals surface area (Å²) in [7, 11) is 0. The third kappa shape index (κ3) is 4.98. The van der Waals surface area contributed by atoms with Gasteiger partial charge in [0.15, 0.2) is 5.84 Å². The topological polar surface area (TPSA) is 48.4 Å². The van der Waals surface area contributed by atoms with Gasteiger partial charge in [-0.1, -0.05) is 41.4 Å². The number of ether oxygens (including phenoxy) is 1. The predicted octanol–water partition coefficient (Wildman–Crippen LogP) is 6.32. The second kappa shape index (κ2) is 9.16. The molecule has 0 spiro atoms. The SMILES string of the molecule is CCC1C=C2C(N3CCN(C(=O)OC(C)(C)C)CC3)=Nc3ccc(Br)cc3N2C=C(C)C1C. The Hall–Kier alpha value is -2.28. The third-order valence-corrected chi connectivity index (χ3v) is 7.17. The van der Waals surface area contributed by atoms with Crippen LogP contribution in [-0.2, 0) is 4.74 Å². The number of hydrogen-bond acceptors (Lipinski definition) is 5. The smallest absolute Gasteiger partial charge is 0.410 e. The number of halogens is 1. The average molecular weight is 515 g/mol. The quantitative estimate of drug-likeness (QED) is 0.440. The van der Waals surface area contributed by atoms with E-state index in [1.807, 2.05) is 26.8 Å². The lowest BCUT2D eigenvalue weighted by atomic mass is 9.86. The Bertz CT molecular complexity index is 1020. The van der Waals surface area contributed by atoms with Crippen LogP contribution in [0.3, 0.4) is 0 Å². The van der Waals surface area contributed by atoms with Crippen molar-refractivity contribution in [1.29, 1.82) is 0 Å². The van der Waals surface area contributed by atoms with Crippen molar-refractivity contribution in [1.82, 2.24) is 9.80 Å². The number of rotatable bonds is 1. The first-order chi connectivity index (χ1) is 15.6. The summed E-state index contributed by atoms with van der Waals surface area (Å²) >= 11 is 3.64. The lowest BCUT2D eigenvalue weighted by molar-refractivity contribution is 0.0187. The van der Waals surface area contributed by atoms with Crippen LogP contribution in [0.5, 0.6) is 0 Å². The minimum absolute atomic E-state index is 0.239. The number of hydrogen-bond donors (Lipinski definition) is 0. The molecule has 3 aliphatic heterocycles. The van der Waals surface area contributed by atoms with Crippen molar-refractivity contribution in [3.63, 3.8) is 0 Å². The highest BCUT2D eigenvalue weighted by atomic mass is 79.9. The molecule has 0 bridgehead atoms. The molecule has 1 amide bonds. The Balaban J connectivity index is 1.66. The molecular formula is C26H35BrN4O2. The number of aliphatic imine (C=N–C) groups is 1. The fourth-order valence-electron chi connectivity index (χ4n) is 4.62. The van der Waals surface area contributed by atoms with E-state index in [-0.39, 0.29) is 6.09 Å². The number of anilines is 1. The minimum Gasteiger partial charge on any atom is -0.444 e. The first kappa shape index (κ1) is 23.9. The van der Waals surface area contributed by atoms with Gasteiger partial charge in [-0.25, -0.2) is 9.79 Å². The molecule has 7 heteroatoms. The zero-order chi connectivity index (χ0) is 23.9. The summed E-state index contributed by atoms with van der Waals surface area (Å²) in [4.78, 5) is 24.1. The van der Waals surface area contributed by atoms with Crippen LogP contribution in [0.2, 0.25) is 0 Å². The molecule has 0 radical (unpaired) electrons. The van der Waals surface area contributed by atoms with Gasteiger partial charge in [0, 0.05) is 36.9 Å². The summed E-state index contributed by atoms with van der Waals surface area (Å²) in [6.45, 7) is 15.2. The third-order valence-electron chi connectivity index (χ3n) is 6.68. The molecule has 3 heterocycles. The Morgan fingerprint density at radius 2 is 1.91 bits per heavy atom. The van der Waals surface area contributed by atoms with Gasteiger partial charge in [-0.3, -0.25) is 0 Å². The standard InChI is InChI=1S/C26H35BrN4O2/c1-7-19-14-23-24(29-10-12-30(13-11-29)25(32)33-26(4,5)6)28-21-9-8-20(27)15-22(21)31(23)16-17(2)18(19)3/h8-9,14-16,18-19H,7,10-13H2,1-6H3. The number of amides is 1. The maximum atomic E-state index is 12.5. The molecule has 1 fully saturated rings. The lowest BCUT2D eigenvalue weighted by Crippen LogP contribution is -2.53. The van der Waals surface area contributed by atoms with Gasteiger partial charge in [0.1, 0.15) is 5.60 Å². The number of fused-ring (bicyclic) bond motifs is 3. The van der Waals surface area contributed by atoms with Gasteiger partial charge < -0.3 is 19.4 Å². The molecule has 0 aliphatic carbocycles. The van der Waals surface area contributed by atoms with Crippen LogP contribution in [0.4, 0.5) is 16.2 Å². The molecule has 0 aromatic heterocycles. The number of allylic oxidation sites excluding steroid dienone is 2. The van der Waals surface area contributed by atoms with E-state index in [1.165, 1.54) is 5.57 Å². The fraction of sp³-hybridized carbons (Fsp3) is 0.538. The molecule has 1 saturated heterocycles. The van der Waals surface area contributed by atoms with E-state index in [0.29, 0.717) is 24.9 Å². The van der Waals surface area contributed by atoms with Crippen LogP contribution in [-0.4, -0.2) is 53.5 Å². The number of amidine groups is 1. The second-order valence-electron chi connectivity index (χ2n) is 10.2. The summed E-state index contributed by atoms with van der Waals surface area (Å²) in [6, 6.07) is 6.26. The van der Waals surface area contributed by atoms with Crippen LogP contribution in [0, 0.1) is 11.8 Å². The first-order valence-electron chi connectivity index (χ1n) is 11.9. The van der Waals surface area contributed by atoms with E-state index in [2.05, 4.69) is 70.9 Å². The summed E-state index contributed by atoms with van der Waals surface area (Å²) < 4.78 is 6.62. The van der Waals surface area contributed by atoms with Crippen molar-refractivity contribution in [2.24, 2.45) is 16.8 Å². The predicted molar refractivity (Wildman–Crippen MR) is 138 cm³/mol. The summed E-state index contributed by atoms with van der Waals surface area (Å²) in [5.74, 6) is 1.91. The molecule has 3 aliphatic rings. The molecule has 0 N–H and O–H groups in total. The second-order valence-corrected chi connectivity index (χ2v) is 11.1. The van der Waals surface area contributed by atoms with E-state index in [0.717, 1.165) is 46.9 Å². The normalized spacial score (nSPS) is 23.1. The van der Waals surface area contributed by atoms with E-state index in [4.69, 9.17) is 9.73 Å². The molecule has 178 valence electrons. The summed E-state index contributed by atoms with van der Waals surface area (Å²) in [5.41, 5.74) is 4.08. The molecule has 4 rings (SSSR count). The van der Waals surface area contributed by atoms with Crippen LogP contribution in [0.1, 0.15) is 48.0 Å². The molecule has 2 atom stereocenters. The van der Waals surface area contributed by atoms with Gasteiger partial charge in [0.2, 0.25) is 0 Å². The van der Waals surface area contributed by atoms with E-state index in [1.54, 1.807) is 4.90 Å². The molecular weight excluding hydrogens is 480 g/mol. The zero-order valence-electron chi connectivity index (χ0n) is 20.6. The van der Waals surface area contributed by atoms with Crippen LogP contribution in [0.25, 0.3) is 0 Å².